The average molecular weight is 337 g/mol. The van der Waals surface area contributed by atoms with Crippen LogP contribution in [0.15, 0.2) is 54.6 Å². The van der Waals surface area contributed by atoms with Crippen LogP contribution in [-0.4, -0.2) is 19.6 Å². The molecule has 2 aromatic rings. The first kappa shape index (κ1) is 17.5. The highest BCUT2D eigenvalue weighted by atomic mass is 16.5. The molecule has 2 aromatic carbocycles. The molecule has 1 saturated carbocycles. The normalized spacial score (nSPS) is 15.7. The van der Waals surface area contributed by atoms with E-state index in [1.54, 1.807) is 7.11 Å². The summed E-state index contributed by atoms with van der Waals surface area (Å²) in [4.78, 5) is 12.9. The minimum Gasteiger partial charge on any atom is -0.497 e. The standard InChI is InChI=1S/C22H27NO2/c1-25-20-13-7-9-18(17-20)10-8-16-23-21(24)22(14-5-6-15-22)19-11-3-2-4-12-19/h2-4,7,9,11-13,17H,5-6,8,10,14-16H2,1H3,(H,23,24). The molecule has 0 aromatic heterocycles. The van der Waals surface area contributed by atoms with Gasteiger partial charge >= 0.3 is 0 Å². The fourth-order valence-electron chi connectivity index (χ4n) is 3.87. The molecule has 1 aliphatic rings. The maximum Gasteiger partial charge on any atom is 0.230 e. The summed E-state index contributed by atoms with van der Waals surface area (Å²) in [5.74, 6) is 1.08. The number of hydrogen-bond donors (Lipinski definition) is 1. The molecule has 0 radical (unpaired) electrons. The summed E-state index contributed by atoms with van der Waals surface area (Å²) in [6.45, 7) is 0.713. The molecule has 0 atom stereocenters. The molecule has 0 spiro atoms. The Balaban J connectivity index is 1.56. The largest absolute Gasteiger partial charge is 0.497 e. The number of ether oxygens (including phenoxy) is 1. The minimum atomic E-state index is -0.322. The van der Waals surface area contributed by atoms with E-state index in [-0.39, 0.29) is 11.3 Å². The van der Waals surface area contributed by atoms with Gasteiger partial charge in [-0.3, -0.25) is 4.79 Å². The molecule has 132 valence electrons. The van der Waals surface area contributed by atoms with Gasteiger partial charge in [0.15, 0.2) is 0 Å². The lowest BCUT2D eigenvalue weighted by molar-refractivity contribution is -0.126. The van der Waals surface area contributed by atoms with Crippen LogP contribution < -0.4 is 10.1 Å². The molecular weight excluding hydrogens is 310 g/mol. The number of carbonyl (C=O) groups is 1. The number of aryl methyl sites for hydroxylation is 1. The van der Waals surface area contributed by atoms with E-state index >= 15 is 0 Å². The Kier molecular flexibility index (Phi) is 5.75. The molecule has 0 bridgehead atoms. The smallest absolute Gasteiger partial charge is 0.230 e. The molecule has 25 heavy (non-hydrogen) atoms. The zero-order valence-electron chi connectivity index (χ0n) is 15.0. The first-order valence-electron chi connectivity index (χ1n) is 9.21. The van der Waals surface area contributed by atoms with E-state index in [2.05, 4.69) is 29.6 Å². The van der Waals surface area contributed by atoms with Crippen molar-refractivity contribution in [3.8, 4) is 5.75 Å². The van der Waals surface area contributed by atoms with Crippen molar-refractivity contribution < 1.29 is 9.53 Å². The number of amides is 1. The Hall–Kier alpha value is -2.29. The van der Waals surface area contributed by atoms with Crippen molar-refractivity contribution in [2.24, 2.45) is 0 Å². The van der Waals surface area contributed by atoms with Crippen molar-refractivity contribution in [3.05, 3.63) is 65.7 Å². The highest BCUT2D eigenvalue weighted by Gasteiger charge is 2.42. The van der Waals surface area contributed by atoms with Crippen LogP contribution in [0.2, 0.25) is 0 Å². The van der Waals surface area contributed by atoms with Crippen LogP contribution in [0.5, 0.6) is 5.75 Å². The summed E-state index contributed by atoms with van der Waals surface area (Å²) in [5.41, 5.74) is 2.09. The molecule has 0 saturated heterocycles. The van der Waals surface area contributed by atoms with Gasteiger partial charge in [0.25, 0.3) is 0 Å². The van der Waals surface area contributed by atoms with Crippen LogP contribution in [0, 0.1) is 0 Å². The lowest BCUT2D eigenvalue weighted by Gasteiger charge is -2.28. The highest BCUT2D eigenvalue weighted by molar-refractivity contribution is 5.88. The van der Waals surface area contributed by atoms with Gasteiger partial charge in [-0.25, -0.2) is 0 Å². The molecule has 0 aliphatic heterocycles. The van der Waals surface area contributed by atoms with E-state index < -0.39 is 0 Å². The van der Waals surface area contributed by atoms with Gasteiger partial charge in [0.2, 0.25) is 5.91 Å². The van der Waals surface area contributed by atoms with Gasteiger partial charge in [0, 0.05) is 6.54 Å². The van der Waals surface area contributed by atoms with Gasteiger partial charge in [-0.05, 0) is 48.9 Å². The molecule has 0 heterocycles. The minimum absolute atomic E-state index is 0.196. The Bertz CT molecular complexity index is 690. The molecule has 1 fully saturated rings. The Morgan fingerprint density at radius 2 is 1.84 bits per heavy atom. The second-order valence-electron chi connectivity index (χ2n) is 6.87. The van der Waals surface area contributed by atoms with Crippen molar-refractivity contribution in [1.29, 1.82) is 0 Å². The summed E-state index contributed by atoms with van der Waals surface area (Å²) < 4.78 is 5.26. The Morgan fingerprint density at radius 1 is 1.08 bits per heavy atom. The average Bonchev–Trinajstić information content (AvgIpc) is 3.17. The van der Waals surface area contributed by atoms with Crippen molar-refractivity contribution in [1.82, 2.24) is 5.32 Å². The van der Waals surface area contributed by atoms with Crippen molar-refractivity contribution in [2.75, 3.05) is 13.7 Å². The number of hydrogen-bond acceptors (Lipinski definition) is 2. The predicted octanol–water partition coefficient (Wildman–Crippen LogP) is 4.26. The van der Waals surface area contributed by atoms with Crippen LogP contribution in [0.3, 0.4) is 0 Å². The SMILES string of the molecule is COc1cccc(CCCNC(=O)C2(c3ccccc3)CCCC2)c1. The number of benzene rings is 2. The third kappa shape index (κ3) is 4.04. The van der Waals surface area contributed by atoms with E-state index in [1.165, 1.54) is 5.56 Å². The van der Waals surface area contributed by atoms with Gasteiger partial charge in [-0.15, -0.1) is 0 Å². The fourth-order valence-corrected chi connectivity index (χ4v) is 3.87. The van der Waals surface area contributed by atoms with Crippen LogP contribution in [0.4, 0.5) is 0 Å². The number of rotatable bonds is 7. The maximum atomic E-state index is 12.9. The maximum absolute atomic E-state index is 12.9. The van der Waals surface area contributed by atoms with Crippen molar-refractivity contribution in [3.63, 3.8) is 0 Å². The highest BCUT2D eigenvalue weighted by Crippen LogP contribution is 2.41. The molecule has 3 heteroatoms. The third-order valence-corrected chi connectivity index (χ3v) is 5.28. The second kappa shape index (κ2) is 8.19. The van der Waals surface area contributed by atoms with Gasteiger partial charge in [-0.1, -0.05) is 55.3 Å². The van der Waals surface area contributed by atoms with Crippen molar-refractivity contribution in [2.45, 2.75) is 43.9 Å². The summed E-state index contributed by atoms with van der Waals surface area (Å²) in [7, 11) is 1.68. The summed E-state index contributed by atoms with van der Waals surface area (Å²) >= 11 is 0. The van der Waals surface area contributed by atoms with Gasteiger partial charge in [0.05, 0.1) is 12.5 Å². The van der Waals surface area contributed by atoms with E-state index in [9.17, 15) is 4.79 Å². The zero-order chi connectivity index (χ0) is 17.5. The molecular formula is C22H27NO2. The van der Waals surface area contributed by atoms with Gasteiger partial charge < -0.3 is 10.1 Å². The summed E-state index contributed by atoms with van der Waals surface area (Å²) in [6.07, 6.45) is 6.05. The molecule has 1 aliphatic carbocycles. The topological polar surface area (TPSA) is 38.3 Å². The monoisotopic (exact) mass is 337 g/mol. The molecule has 3 nitrogen and oxygen atoms in total. The lowest BCUT2D eigenvalue weighted by atomic mass is 9.78. The van der Waals surface area contributed by atoms with Crippen LogP contribution in [0.25, 0.3) is 0 Å². The molecule has 3 rings (SSSR count). The third-order valence-electron chi connectivity index (χ3n) is 5.28. The lowest BCUT2D eigenvalue weighted by Crippen LogP contribution is -2.43. The van der Waals surface area contributed by atoms with Crippen LogP contribution in [0.1, 0.15) is 43.2 Å². The van der Waals surface area contributed by atoms with E-state index in [0.29, 0.717) is 6.54 Å². The van der Waals surface area contributed by atoms with Crippen molar-refractivity contribution >= 4 is 5.91 Å². The molecule has 1 amide bonds. The zero-order valence-corrected chi connectivity index (χ0v) is 15.0. The Morgan fingerprint density at radius 3 is 2.56 bits per heavy atom. The quantitative estimate of drug-likeness (QED) is 0.767. The number of nitrogens with one attached hydrogen (secondary N) is 1. The Labute approximate surface area is 150 Å². The van der Waals surface area contributed by atoms with E-state index in [1.807, 2.05) is 30.3 Å². The van der Waals surface area contributed by atoms with Crippen LogP contribution >= 0.6 is 0 Å². The second-order valence-corrected chi connectivity index (χ2v) is 6.87. The molecule has 1 N–H and O–H groups in total. The van der Waals surface area contributed by atoms with Crippen LogP contribution in [-0.2, 0) is 16.6 Å². The fraction of sp³-hybridized carbons (Fsp3) is 0.409. The predicted molar refractivity (Wildman–Crippen MR) is 101 cm³/mol. The number of methoxy groups -OCH3 is 1. The summed E-state index contributed by atoms with van der Waals surface area (Å²) in [5, 5.41) is 3.19. The summed E-state index contributed by atoms with van der Waals surface area (Å²) in [6, 6.07) is 18.4. The first-order chi connectivity index (χ1) is 12.2. The number of carbonyl (C=O) groups excluding carboxylic acids is 1. The first-order valence-corrected chi connectivity index (χ1v) is 9.21. The van der Waals surface area contributed by atoms with Gasteiger partial charge in [0.1, 0.15) is 5.75 Å². The van der Waals surface area contributed by atoms with Gasteiger partial charge in [-0.2, -0.15) is 0 Å². The molecule has 0 unspecified atom stereocenters. The van der Waals surface area contributed by atoms with E-state index in [0.717, 1.165) is 49.8 Å². The van der Waals surface area contributed by atoms with E-state index in [4.69, 9.17) is 4.74 Å².